The maximum absolute atomic E-state index is 4.68. The van der Waals surface area contributed by atoms with Gasteiger partial charge in [0.1, 0.15) is 12.4 Å². The van der Waals surface area contributed by atoms with Crippen LogP contribution in [0.1, 0.15) is 24.4 Å². The molecule has 4 aromatic rings. The van der Waals surface area contributed by atoms with E-state index in [9.17, 15) is 0 Å². The summed E-state index contributed by atoms with van der Waals surface area (Å²) in [5.41, 5.74) is 2.87. The predicted molar refractivity (Wildman–Crippen MR) is 79.1 cm³/mol. The molecule has 0 bridgehead atoms. The molecular formula is C15H14N6. The molecule has 1 atom stereocenters. The second-order valence-electron chi connectivity index (χ2n) is 5.17. The molecule has 0 amide bonds. The number of aromatic nitrogens is 6. The first kappa shape index (κ1) is 12.0. The zero-order valence-corrected chi connectivity index (χ0v) is 11.8. The van der Waals surface area contributed by atoms with Crippen molar-refractivity contribution in [3.63, 3.8) is 0 Å². The van der Waals surface area contributed by atoms with Crippen molar-refractivity contribution >= 4 is 16.6 Å². The molecule has 0 fully saturated rings. The fourth-order valence-corrected chi connectivity index (χ4v) is 2.44. The summed E-state index contributed by atoms with van der Waals surface area (Å²) >= 11 is 0. The van der Waals surface area contributed by atoms with Crippen molar-refractivity contribution in [2.24, 2.45) is 0 Å². The third-order valence-electron chi connectivity index (χ3n) is 3.60. The Morgan fingerprint density at radius 1 is 1.19 bits per heavy atom. The van der Waals surface area contributed by atoms with Crippen LogP contribution in [0.25, 0.3) is 16.6 Å². The van der Waals surface area contributed by atoms with E-state index >= 15 is 0 Å². The fraction of sp³-hybridized carbons (Fsp3) is 0.200. The van der Waals surface area contributed by atoms with Gasteiger partial charge in [-0.1, -0.05) is 12.1 Å². The molecule has 0 unspecified atom stereocenters. The lowest BCUT2D eigenvalue weighted by Crippen LogP contribution is -2.09. The minimum absolute atomic E-state index is 0.0163. The van der Waals surface area contributed by atoms with Crippen LogP contribution in [-0.2, 0) is 0 Å². The van der Waals surface area contributed by atoms with E-state index in [1.165, 1.54) is 0 Å². The molecule has 0 saturated heterocycles. The molecule has 0 aliphatic rings. The molecule has 21 heavy (non-hydrogen) atoms. The van der Waals surface area contributed by atoms with Crippen LogP contribution in [0.2, 0.25) is 0 Å². The van der Waals surface area contributed by atoms with Gasteiger partial charge >= 0.3 is 0 Å². The Kier molecular flexibility index (Phi) is 2.50. The first-order chi connectivity index (χ1) is 10.2. The number of para-hydroxylation sites is 1. The van der Waals surface area contributed by atoms with E-state index in [1.54, 1.807) is 10.8 Å². The predicted octanol–water partition coefficient (Wildman–Crippen LogP) is 2.39. The topological polar surface area (TPSA) is 60.9 Å². The smallest absolute Gasteiger partial charge is 0.176 e. The first-order valence-electron chi connectivity index (χ1n) is 6.83. The van der Waals surface area contributed by atoms with E-state index in [2.05, 4.69) is 20.2 Å². The van der Waals surface area contributed by atoms with Gasteiger partial charge in [-0.05, 0) is 31.5 Å². The van der Waals surface area contributed by atoms with Gasteiger partial charge in [-0.2, -0.15) is 5.10 Å². The number of rotatable bonds is 2. The summed E-state index contributed by atoms with van der Waals surface area (Å²) in [7, 11) is 0. The summed E-state index contributed by atoms with van der Waals surface area (Å²) in [5.74, 6) is 0.733. The average molecular weight is 278 g/mol. The van der Waals surface area contributed by atoms with E-state index < -0.39 is 0 Å². The Morgan fingerprint density at radius 2 is 2.05 bits per heavy atom. The SMILES string of the molecule is Cc1cnn([C@H](C)c2nc3c4ccccc4ncn3n2)c1. The molecule has 0 N–H and O–H groups in total. The monoisotopic (exact) mass is 278 g/mol. The van der Waals surface area contributed by atoms with E-state index in [1.807, 2.05) is 55.2 Å². The highest BCUT2D eigenvalue weighted by Crippen LogP contribution is 2.19. The van der Waals surface area contributed by atoms with Gasteiger partial charge in [0.25, 0.3) is 0 Å². The second-order valence-corrected chi connectivity index (χ2v) is 5.17. The van der Waals surface area contributed by atoms with E-state index in [0.717, 1.165) is 27.9 Å². The molecule has 3 heterocycles. The van der Waals surface area contributed by atoms with Crippen LogP contribution in [0.5, 0.6) is 0 Å². The molecule has 0 radical (unpaired) electrons. The molecule has 6 heteroatoms. The maximum atomic E-state index is 4.68. The summed E-state index contributed by atoms with van der Waals surface area (Å²) in [4.78, 5) is 9.07. The van der Waals surface area contributed by atoms with E-state index in [0.29, 0.717) is 0 Å². The number of hydrogen-bond acceptors (Lipinski definition) is 4. The quantitative estimate of drug-likeness (QED) is 0.565. The average Bonchev–Trinajstić information content (AvgIpc) is 3.12. The zero-order chi connectivity index (χ0) is 14.4. The van der Waals surface area contributed by atoms with Crippen LogP contribution < -0.4 is 0 Å². The highest BCUT2D eigenvalue weighted by Gasteiger charge is 2.16. The van der Waals surface area contributed by atoms with E-state index in [-0.39, 0.29) is 6.04 Å². The molecule has 0 aliphatic carbocycles. The van der Waals surface area contributed by atoms with Crippen molar-refractivity contribution in [2.45, 2.75) is 19.9 Å². The lowest BCUT2D eigenvalue weighted by atomic mass is 10.2. The summed E-state index contributed by atoms with van der Waals surface area (Å²) in [5, 5.41) is 9.87. The van der Waals surface area contributed by atoms with Crippen molar-refractivity contribution in [1.82, 2.24) is 29.4 Å². The Labute approximate surface area is 121 Å². The van der Waals surface area contributed by atoms with Gasteiger partial charge in [-0.25, -0.2) is 14.5 Å². The third kappa shape index (κ3) is 1.87. The summed E-state index contributed by atoms with van der Waals surface area (Å²) in [6.45, 7) is 4.06. The largest absolute Gasteiger partial charge is 0.262 e. The molecule has 0 spiro atoms. The maximum Gasteiger partial charge on any atom is 0.176 e. The van der Waals surface area contributed by atoms with Crippen LogP contribution >= 0.6 is 0 Å². The molecule has 4 rings (SSSR count). The highest BCUT2D eigenvalue weighted by atomic mass is 15.4. The molecule has 0 aliphatic heterocycles. The Morgan fingerprint density at radius 3 is 2.86 bits per heavy atom. The third-order valence-corrected chi connectivity index (χ3v) is 3.60. The van der Waals surface area contributed by atoms with Gasteiger partial charge in [-0.15, -0.1) is 5.10 Å². The Balaban J connectivity index is 1.88. The molecule has 6 nitrogen and oxygen atoms in total. The van der Waals surface area contributed by atoms with Crippen LogP contribution in [0.4, 0.5) is 0 Å². The van der Waals surface area contributed by atoms with Crippen molar-refractivity contribution in [3.05, 3.63) is 54.4 Å². The number of fused-ring (bicyclic) bond motifs is 3. The van der Waals surface area contributed by atoms with Crippen LogP contribution in [0.3, 0.4) is 0 Å². The van der Waals surface area contributed by atoms with Crippen LogP contribution in [-0.4, -0.2) is 29.4 Å². The Bertz CT molecular complexity index is 936. The van der Waals surface area contributed by atoms with Crippen molar-refractivity contribution in [3.8, 4) is 0 Å². The summed E-state index contributed by atoms with van der Waals surface area (Å²) in [6, 6.07) is 7.93. The van der Waals surface area contributed by atoms with E-state index in [4.69, 9.17) is 0 Å². The van der Waals surface area contributed by atoms with Crippen molar-refractivity contribution in [1.29, 1.82) is 0 Å². The normalized spacial score (nSPS) is 13.0. The standard InChI is InChI=1S/C15H14N6/c1-10-7-17-20(8-10)11(2)14-18-15-12-5-3-4-6-13(12)16-9-21(15)19-14/h3-9,11H,1-2H3/t11-/m1/s1. The molecule has 1 aromatic carbocycles. The second kappa shape index (κ2) is 4.37. The van der Waals surface area contributed by atoms with Gasteiger partial charge in [0.2, 0.25) is 0 Å². The van der Waals surface area contributed by atoms with Crippen molar-refractivity contribution < 1.29 is 0 Å². The lowest BCUT2D eigenvalue weighted by molar-refractivity contribution is 0.536. The summed E-state index contributed by atoms with van der Waals surface area (Å²) in [6.07, 6.45) is 5.53. The number of aryl methyl sites for hydroxylation is 1. The van der Waals surface area contributed by atoms with Gasteiger partial charge < -0.3 is 0 Å². The number of hydrogen-bond donors (Lipinski definition) is 0. The number of nitrogens with zero attached hydrogens (tertiary/aromatic N) is 6. The summed E-state index contributed by atoms with van der Waals surface area (Å²) < 4.78 is 3.60. The van der Waals surface area contributed by atoms with Crippen LogP contribution in [0.15, 0.2) is 43.0 Å². The first-order valence-corrected chi connectivity index (χ1v) is 6.83. The van der Waals surface area contributed by atoms with Gasteiger partial charge in [0.15, 0.2) is 11.5 Å². The Hall–Kier alpha value is -2.76. The zero-order valence-electron chi connectivity index (χ0n) is 11.8. The molecule has 104 valence electrons. The molecule has 0 saturated carbocycles. The van der Waals surface area contributed by atoms with Gasteiger partial charge in [0, 0.05) is 11.6 Å². The van der Waals surface area contributed by atoms with Gasteiger partial charge in [-0.3, -0.25) is 4.68 Å². The number of benzene rings is 1. The molecule has 3 aromatic heterocycles. The van der Waals surface area contributed by atoms with Gasteiger partial charge in [0.05, 0.1) is 11.7 Å². The minimum atomic E-state index is -0.0163. The molecular weight excluding hydrogens is 264 g/mol. The lowest BCUT2D eigenvalue weighted by Gasteiger charge is -2.06. The van der Waals surface area contributed by atoms with Crippen LogP contribution in [0, 0.1) is 6.92 Å². The van der Waals surface area contributed by atoms with Crippen molar-refractivity contribution in [2.75, 3.05) is 0 Å². The fourth-order valence-electron chi connectivity index (χ4n) is 2.44. The minimum Gasteiger partial charge on any atom is -0.262 e. The highest BCUT2D eigenvalue weighted by molar-refractivity contribution is 5.90.